The molecular weight excluding hydrogens is 304 g/mol. The van der Waals surface area contributed by atoms with Gasteiger partial charge in [0.25, 0.3) is 0 Å². The third-order valence-electron chi connectivity index (χ3n) is 3.66. The summed E-state index contributed by atoms with van der Waals surface area (Å²) in [7, 11) is 2.07. The number of likely N-dealkylation sites (N-methyl/N-ethyl adjacent to an activating group) is 1. The number of hydrogen-bond acceptors (Lipinski definition) is 1. The Labute approximate surface area is 108 Å². The van der Waals surface area contributed by atoms with Gasteiger partial charge >= 0.3 is 0 Å². The van der Waals surface area contributed by atoms with E-state index in [4.69, 9.17) is 0 Å². The van der Waals surface area contributed by atoms with Crippen molar-refractivity contribution in [1.29, 1.82) is 0 Å². The molecular formula is C12H17FIN. The van der Waals surface area contributed by atoms with Crippen molar-refractivity contribution < 1.29 is 4.39 Å². The van der Waals surface area contributed by atoms with Crippen LogP contribution in [0.15, 0.2) is 18.2 Å². The quantitative estimate of drug-likeness (QED) is 0.661. The van der Waals surface area contributed by atoms with Crippen LogP contribution in [0.4, 0.5) is 10.1 Å². The minimum absolute atomic E-state index is 0. The molecule has 0 saturated carbocycles. The van der Waals surface area contributed by atoms with E-state index in [0.717, 1.165) is 11.3 Å². The molecule has 0 bridgehead atoms. The molecule has 1 aromatic carbocycles. The maximum atomic E-state index is 13.1. The Kier molecular flexibility index (Phi) is 3.33. The number of benzene rings is 1. The third-order valence-corrected chi connectivity index (χ3v) is 3.66. The van der Waals surface area contributed by atoms with Gasteiger partial charge in [-0.05, 0) is 30.7 Å². The van der Waals surface area contributed by atoms with Crippen molar-refractivity contribution >= 4 is 29.7 Å². The van der Waals surface area contributed by atoms with Crippen molar-refractivity contribution in [2.75, 3.05) is 11.9 Å². The van der Waals surface area contributed by atoms with Crippen molar-refractivity contribution in [3.05, 3.63) is 29.6 Å². The Bertz CT molecular complexity index is 376. The largest absolute Gasteiger partial charge is 0.371 e. The topological polar surface area (TPSA) is 3.24 Å². The van der Waals surface area contributed by atoms with Crippen LogP contribution in [-0.4, -0.2) is 13.1 Å². The zero-order valence-corrected chi connectivity index (χ0v) is 11.9. The molecule has 84 valence electrons. The van der Waals surface area contributed by atoms with Crippen LogP contribution in [0.3, 0.4) is 0 Å². The lowest BCUT2D eigenvalue weighted by molar-refractivity contribution is 0.452. The number of fused-ring (bicyclic) bond motifs is 1. The summed E-state index contributed by atoms with van der Waals surface area (Å²) < 4.78 is 13.1. The highest BCUT2D eigenvalue weighted by molar-refractivity contribution is 14.0. The summed E-state index contributed by atoms with van der Waals surface area (Å²) in [6.07, 6.45) is 0. The second-order valence-electron chi connectivity index (χ2n) is 4.67. The molecule has 0 fully saturated rings. The van der Waals surface area contributed by atoms with Crippen LogP contribution in [0.25, 0.3) is 0 Å². The molecule has 3 heteroatoms. The van der Waals surface area contributed by atoms with Gasteiger partial charge in [-0.3, -0.25) is 0 Å². The molecule has 1 heterocycles. The van der Waals surface area contributed by atoms with Gasteiger partial charge in [0.2, 0.25) is 0 Å². The van der Waals surface area contributed by atoms with Crippen LogP contribution < -0.4 is 4.90 Å². The minimum atomic E-state index is -0.140. The van der Waals surface area contributed by atoms with E-state index in [1.54, 1.807) is 6.07 Å². The molecule has 0 saturated heterocycles. The van der Waals surface area contributed by atoms with Gasteiger partial charge in [-0.15, -0.1) is 24.0 Å². The van der Waals surface area contributed by atoms with Crippen LogP contribution in [0.1, 0.15) is 26.3 Å². The Morgan fingerprint density at radius 2 is 1.93 bits per heavy atom. The number of nitrogens with zero attached hydrogens (tertiary/aromatic N) is 1. The van der Waals surface area contributed by atoms with Crippen molar-refractivity contribution in [3.8, 4) is 0 Å². The lowest BCUT2D eigenvalue weighted by Gasteiger charge is -2.28. The Hall–Kier alpha value is -0.320. The highest BCUT2D eigenvalue weighted by Gasteiger charge is 2.40. The normalized spacial score (nSPS) is 22.2. The Morgan fingerprint density at radius 1 is 1.33 bits per heavy atom. The first-order valence-electron chi connectivity index (χ1n) is 4.97. The molecule has 0 aromatic heterocycles. The SMILES string of the molecule is CC1N(C)c2ccc(F)cc2C1(C)C.I. The summed E-state index contributed by atoms with van der Waals surface area (Å²) in [5.41, 5.74) is 2.31. The maximum Gasteiger partial charge on any atom is 0.123 e. The smallest absolute Gasteiger partial charge is 0.123 e. The molecule has 15 heavy (non-hydrogen) atoms. The first-order valence-corrected chi connectivity index (χ1v) is 4.97. The summed E-state index contributed by atoms with van der Waals surface area (Å²) in [6.45, 7) is 6.51. The van der Waals surface area contributed by atoms with Crippen LogP contribution in [0.2, 0.25) is 0 Å². The lowest BCUT2D eigenvalue weighted by atomic mass is 9.81. The highest BCUT2D eigenvalue weighted by Crippen LogP contribution is 2.44. The van der Waals surface area contributed by atoms with Gasteiger partial charge in [0, 0.05) is 24.2 Å². The first-order chi connectivity index (χ1) is 6.44. The van der Waals surface area contributed by atoms with E-state index in [1.165, 1.54) is 6.07 Å². The maximum absolute atomic E-state index is 13.1. The second kappa shape index (κ2) is 3.92. The van der Waals surface area contributed by atoms with Gasteiger partial charge in [0.15, 0.2) is 0 Å². The van der Waals surface area contributed by atoms with Gasteiger partial charge in [-0.2, -0.15) is 0 Å². The number of rotatable bonds is 0. The molecule has 0 radical (unpaired) electrons. The van der Waals surface area contributed by atoms with Gasteiger partial charge in [0.1, 0.15) is 5.82 Å². The van der Waals surface area contributed by atoms with Gasteiger partial charge in [0.05, 0.1) is 0 Å². The molecule has 2 rings (SSSR count). The Balaban J connectivity index is 0.00000112. The predicted octanol–water partition coefficient (Wildman–Crippen LogP) is 3.56. The molecule has 1 atom stereocenters. The number of anilines is 1. The van der Waals surface area contributed by atoms with Gasteiger partial charge < -0.3 is 4.90 Å². The third kappa shape index (κ3) is 1.75. The average Bonchev–Trinajstić information content (AvgIpc) is 2.29. The fourth-order valence-corrected chi connectivity index (χ4v) is 2.25. The van der Waals surface area contributed by atoms with E-state index < -0.39 is 0 Å². The second-order valence-corrected chi connectivity index (χ2v) is 4.67. The molecule has 1 unspecified atom stereocenters. The van der Waals surface area contributed by atoms with Crippen molar-refractivity contribution in [2.45, 2.75) is 32.2 Å². The van der Waals surface area contributed by atoms with E-state index in [1.807, 2.05) is 6.07 Å². The fraction of sp³-hybridized carbons (Fsp3) is 0.500. The number of hydrogen-bond donors (Lipinski definition) is 0. The fourth-order valence-electron chi connectivity index (χ4n) is 2.25. The van der Waals surface area contributed by atoms with Crippen molar-refractivity contribution in [1.82, 2.24) is 0 Å². The summed E-state index contributed by atoms with van der Waals surface area (Å²) in [6, 6.07) is 5.48. The van der Waals surface area contributed by atoms with Crippen LogP contribution >= 0.6 is 24.0 Å². The molecule has 0 N–H and O–H groups in total. The van der Waals surface area contributed by atoms with Crippen molar-refractivity contribution in [3.63, 3.8) is 0 Å². The van der Waals surface area contributed by atoms with Crippen LogP contribution in [0, 0.1) is 5.82 Å². The van der Waals surface area contributed by atoms with E-state index in [0.29, 0.717) is 6.04 Å². The Morgan fingerprint density at radius 3 is 2.53 bits per heavy atom. The molecule has 1 aromatic rings. The van der Waals surface area contributed by atoms with E-state index in [9.17, 15) is 4.39 Å². The minimum Gasteiger partial charge on any atom is -0.371 e. The summed E-state index contributed by atoms with van der Waals surface area (Å²) >= 11 is 0. The van der Waals surface area contributed by atoms with E-state index >= 15 is 0 Å². The van der Waals surface area contributed by atoms with E-state index in [-0.39, 0.29) is 35.2 Å². The lowest BCUT2D eigenvalue weighted by Crippen LogP contribution is -2.36. The molecule has 1 aliphatic rings. The van der Waals surface area contributed by atoms with E-state index in [2.05, 4.69) is 32.7 Å². The summed E-state index contributed by atoms with van der Waals surface area (Å²) in [5.74, 6) is -0.140. The predicted molar refractivity (Wildman–Crippen MR) is 72.7 cm³/mol. The summed E-state index contributed by atoms with van der Waals surface area (Å²) in [4.78, 5) is 2.22. The summed E-state index contributed by atoms with van der Waals surface area (Å²) in [5, 5.41) is 0. The monoisotopic (exact) mass is 321 g/mol. The number of halogens is 2. The zero-order chi connectivity index (χ0) is 10.5. The molecule has 1 aliphatic heterocycles. The standard InChI is InChI=1S/C12H16FN.HI/c1-8-12(2,3)10-7-9(13)5-6-11(10)14(8)4;/h5-8H,1-4H3;1H. The molecule has 0 amide bonds. The van der Waals surface area contributed by atoms with Gasteiger partial charge in [-0.1, -0.05) is 13.8 Å². The van der Waals surface area contributed by atoms with Gasteiger partial charge in [-0.25, -0.2) is 4.39 Å². The first kappa shape index (κ1) is 12.7. The van der Waals surface area contributed by atoms with Crippen LogP contribution in [0.5, 0.6) is 0 Å². The molecule has 1 nitrogen and oxygen atoms in total. The molecule has 0 aliphatic carbocycles. The zero-order valence-electron chi connectivity index (χ0n) is 9.54. The van der Waals surface area contributed by atoms with Crippen molar-refractivity contribution in [2.24, 2.45) is 0 Å². The average molecular weight is 321 g/mol. The van der Waals surface area contributed by atoms with Crippen LogP contribution in [-0.2, 0) is 5.41 Å². The highest BCUT2D eigenvalue weighted by atomic mass is 127. The molecule has 0 spiro atoms.